The fourth-order valence-corrected chi connectivity index (χ4v) is 1.69. The van der Waals surface area contributed by atoms with Crippen molar-refractivity contribution < 1.29 is 60.4 Å². The summed E-state index contributed by atoms with van der Waals surface area (Å²) in [5.41, 5.74) is 0. The lowest BCUT2D eigenvalue weighted by molar-refractivity contribution is -0.356. The van der Waals surface area contributed by atoms with Crippen molar-refractivity contribution in [1.29, 1.82) is 0 Å². The van der Waals surface area contributed by atoms with Gasteiger partial charge in [0.1, 0.15) is 12.7 Å². The van der Waals surface area contributed by atoms with Crippen LogP contribution < -0.4 is 0 Å². The lowest BCUT2D eigenvalue weighted by atomic mass is 10.1. The van der Waals surface area contributed by atoms with E-state index in [0.29, 0.717) is 0 Å². The number of rotatable bonds is 9. The summed E-state index contributed by atoms with van der Waals surface area (Å²) in [5.74, 6) is -11.4. The first-order valence-corrected chi connectivity index (χ1v) is 10.6. The molecule has 0 aliphatic heterocycles. The molecule has 0 fully saturated rings. The van der Waals surface area contributed by atoms with Crippen LogP contribution in [-0.4, -0.2) is 70.0 Å². The van der Waals surface area contributed by atoms with Gasteiger partial charge in [0, 0.05) is 0 Å². The maximum Gasteiger partial charge on any atom is 0.395 e. The number of hydrogen-bond donors (Lipinski definition) is 1. The van der Waals surface area contributed by atoms with E-state index in [1.54, 1.807) is 0 Å². The highest BCUT2D eigenvalue weighted by atomic mass is 35.6. The highest BCUT2D eigenvalue weighted by molar-refractivity contribution is 7.86. The monoisotopic (exact) mass is 584 g/mol. The van der Waals surface area contributed by atoms with Gasteiger partial charge in [-0.05, 0) is 0 Å². The second kappa shape index (κ2) is 11.1. The summed E-state index contributed by atoms with van der Waals surface area (Å²) in [6.07, 6.45) is -5.69. The van der Waals surface area contributed by atoms with Gasteiger partial charge in [0.15, 0.2) is 0 Å². The summed E-state index contributed by atoms with van der Waals surface area (Å²) in [4.78, 5) is 49.5. The minimum absolute atomic E-state index is 0.245. The first-order valence-electron chi connectivity index (χ1n) is 6.54. The van der Waals surface area contributed by atoms with Crippen LogP contribution in [-0.2, 0) is 48.2 Å². The third-order valence-electron chi connectivity index (χ3n) is 2.27. The molecular formula is C10H8Cl6F2O11S. The van der Waals surface area contributed by atoms with Gasteiger partial charge in [-0.1, -0.05) is 69.6 Å². The van der Waals surface area contributed by atoms with Gasteiger partial charge in [-0.3, -0.25) is 9.78 Å². The van der Waals surface area contributed by atoms with Gasteiger partial charge in [-0.15, -0.1) is 0 Å². The fourth-order valence-electron chi connectivity index (χ4n) is 1.11. The summed E-state index contributed by atoms with van der Waals surface area (Å²) in [7, 11) is -4.75. The normalized spacial score (nSPS) is 15.1. The number of alkyl halides is 8. The maximum atomic E-state index is 14.2. The average Bonchev–Trinajstić information content (AvgIpc) is 2.50. The molecule has 176 valence electrons. The van der Waals surface area contributed by atoms with Crippen LogP contribution in [0.4, 0.5) is 8.78 Å². The molecule has 0 aromatic rings. The van der Waals surface area contributed by atoms with E-state index < -0.39 is 60.3 Å². The maximum absolute atomic E-state index is 14.2. The third-order valence-corrected chi connectivity index (χ3v) is 3.65. The van der Waals surface area contributed by atoms with E-state index in [0.717, 1.165) is 0 Å². The van der Waals surface area contributed by atoms with Gasteiger partial charge < -0.3 is 9.29 Å². The van der Waals surface area contributed by atoms with Crippen molar-refractivity contribution in [2.24, 2.45) is 0 Å². The van der Waals surface area contributed by atoms with Crippen LogP contribution in [0, 0.1) is 0 Å². The first kappa shape index (κ1) is 29.8. The molecular weight excluding hydrogens is 579 g/mol. The molecule has 1 N–H and O–H groups in total. The Kier molecular flexibility index (Phi) is 11.1. The molecule has 0 aliphatic rings. The Bertz CT molecular complexity index is 751. The van der Waals surface area contributed by atoms with Crippen molar-refractivity contribution in [3.63, 3.8) is 0 Å². The van der Waals surface area contributed by atoms with Crippen molar-refractivity contribution in [2.45, 2.75) is 25.7 Å². The Balaban J connectivity index is 5.47. The van der Waals surface area contributed by atoms with Gasteiger partial charge in [-0.25, -0.2) is 14.4 Å². The molecule has 0 saturated heterocycles. The Hall–Kier alpha value is -0.160. The largest absolute Gasteiger partial charge is 0.395 e. The van der Waals surface area contributed by atoms with Crippen LogP contribution in [0.1, 0.15) is 0 Å². The number of hydrogen-bond acceptors (Lipinski definition) is 11. The van der Waals surface area contributed by atoms with Crippen LogP contribution in [0.15, 0.2) is 0 Å². The molecule has 0 aromatic carbocycles. The smallest absolute Gasteiger partial charge is 0.387 e. The summed E-state index contributed by atoms with van der Waals surface area (Å²) in [5, 5.41) is 9.76. The number of carbonyl (C=O) groups excluding carboxylic acids is 3. The molecule has 30 heavy (non-hydrogen) atoms. The van der Waals surface area contributed by atoms with Gasteiger partial charge in [0.05, 0.1) is 6.26 Å². The van der Waals surface area contributed by atoms with E-state index in [2.05, 4.69) is 23.7 Å². The van der Waals surface area contributed by atoms with Gasteiger partial charge >= 0.3 is 33.9 Å². The Morgan fingerprint density at radius 3 is 1.77 bits per heavy atom. The summed E-state index contributed by atoms with van der Waals surface area (Å²) >= 11 is 30.7. The molecule has 20 heteroatoms. The highest BCUT2D eigenvalue weighted by Gasteiger charge is 2.56. The standard InChI is InChI=1S/C10H8Cl6F2O11S/c1-30(23,24)29-5(20)8(17,18)4(26-28-7(22)10(14,15)16)3(19)2-25-27-6(21)9(11,12)13/h3-4,19H,2H2,1H3/t3-,4+/m0/s1. The SMILES string of the molecule is CS(=O)(=O)OC(=O)C(F)(F)[C@H](OOC(=O)C(Cl)(Cl)Cl)[C@@H](O)COOC(=O)C(Cl)(Cl)Cl. The Labute approximate surface area is 196 Å². The van der Waals surface area contributed by atoms with Crippen molar-refractivity contribution in [3.05, 3.63) is 0 Å². The zero-order chi connectivity index (χ0) is 24.1. The Morgan fingerprint density at radius 2 is 1.37 bits per heavy atom. The summed E-state index contributed by atoms with van der Waals surface area (Å²) in [6.45, 7) is -1.43. The Morgan fingerprint density at radius 1 is 0.933 bits per heavy atom. The van der Waals surface area contributed by atoms with Crippen LogP contribution in [0.2, 0.25) is 0 Å². The second-order valence-corrected chi connectivity index (χ2v) is 10.9. The predicted octanol–water partition coefficient (Wildman–Crippen LogP) is 1.54. The molecule has 11 nitrogen and oxygen atoms in total. The van der Waals surface area contributed by atoms with E-state index >= 15 is 0 Å². The van der Waals surface area contributed by atoms with Crippen LogP contribution in [0.25, 0.3) is 0 Å². The number of halogens is 8. The molecule has 0 bridgehead atoms. The predicted molar refractivity (Wildman–Crippen MR) is 95.5 cm³/mol. The molecule has 2 atom stereocenters. The second-order valence-electron chi connectivity index (χ2n) is 4.80. The van der Waals surface area contributed by atoms with E-state index in [4.69, 9.17) is 69.6 Å². The van der Waals surface area contributed by atoms with Crippen LogP contribution in [0.3, 0.4) is 0 Å². The highest BCUT2D eigenvalue weighted by Crippen LogP contribution is 2.31. The number of carbonyl (C=O) groups is 3. The van der Waals surface area contributed by atoms with E-state index in [9.17, 15) is 36.7 Å². The number of aliphatic hydroxyl groups excluding tert-OH is 1. The van der Waals surface area contributed by atoms with Gasteiger partial charge in [0.25, 0.3) is 7.59 Å². The van der Waals surface area contributed by atoms with Crippen molar-refractivity contribution in [2.75, 3.05) is 12.9 Å². The fraction of sp³-hybridized carbons (Fsp3) is 0.700. The molecule has 0 radical (unpaired) electrons. The lowest BCUT2D eigenvalue weighted by Crippen LogP contribution is -2.53. The quantitative estimate of drug-likeness (QED) is 0.181. The molecule has 0 rings (SSSR count). The minimum atomic E-state index is -5.03. The molecule has 0 heterocycles. The van der Waals surface area contributed by atoms with Gasteiger partial charge in [-0.2, -0.15) is 27.0 Å². The number of aliphatic hydroxyl groups is 1. The molecule has 0 aromatic heterocycles. The van der Waals surface area contributed by atoms with Crippen LogP contribution in [0.5, 0.6) is 0 Å². The first-order chi connectivity index (χ1) is 13.2. The van der Waals surface area contributed by atoms with Crippen molar-refractivity contribution >= 4 is 97.6 Å². The van der Waals surface area contributed by atoms with E-state index in [-0.39, 0.29) is 6.26 Å². The topological polar surface area (TPSA) is 152 Å². The van der Waals surface area contributed by atoms with E-state index in [1.165, 1.54) is 0 Å². The van der Waals surface area contributed by atoms with Crippen LogP contribution >= 0.6 is 69.6 Å². The van der Waals surface area contributed by atoms with Crippen molar-refractivity contribution in [1.82, 2.24) is 0 Å². The molecule has 0 unspecified atom stereocenters. The summed E-state index contributed by atoms with van der Waals surface area (Å²) < 4.78 is 48.3. The molecule has 0 amide bonds. The molecule has 0 aliphatic carbocycles. The van der Waals surface area contributed by atoms with Gasteiger partial charge in [0.2, 0.25) is 6.10 Å². The zero-order valence-corrected chi connectivity index (χ0v) is 19.2. The lowest BCUT2D eigenvalue weighted by Gasteiger charge is -2.27. The molecule has 0 saturated carbocycles. The zero-order valence-electron chi connectivity index (χ0n) is 13.8. The van der Waals surface area contributed by atoms with Crippen molar-refractivity contribution in [3.8, 4) is 0 Å². The van der Waals surface area contributed by atoms with E-state index in [1.807, 2.05) is 0 Å². The summed E-state index contributed by atoms with van der Waals surface area (Å²) in [6, 6.07) is 0. The average molecular weight is 587 g/mol. The minimum Gasteiger partial charge on any atom is -0.387 e. The third kappa shape index (κ3) is 10.4. The molecule has 0 spiro atoms.